The van der Waals surface area contributed by atoms with Crippen molar-refractivity contribution in [2.24, 2.45) is 0 Å². The first-order chi connectivity index (χ1) is 10.2. The van der Waals surface area contributed by atoms with Crippen molar-refractivity contribution in [3.05, 3.63) is 65.2 Å². The minimum atomic E-state index is -0.171. The molecular formula is C16H12N2O2S. The van der Waals surface area contributed by atoms with Gasteiger partial charge in [-0.3, -0.25) is 9.78 Å². The predicted molar refractivity (Wildman–Crippen MR) is 82.2 cm³/mol. The molecule has 0 atom stereocenters. The lowest BCUT2D eigenvalue weighted by Gasteiger charge is -1.92. The number of carbonyl (C=O) groups is 1. The van der Waals surface area contributed by atoms with Gasteiger partial charge in [-0.1, -0.05) is 6.07 Å². The van der Waals surface area contributed by atoms with Crippen LogP contribution in [0, 0.1) is 6.92 Å². The van der Waals surface area contributed by atoms with Crippen LogP contribution >= 0.6 is 11.3 Å². The maximum Gasteiger partial charge on any atom is 0.221 e. The first-order valence-electron chi connectivity index (χ1n) is 6.38. The molecule has 4 nitrogen and oxygen atoms in total. The molecule has 3 rings (SSSR count). The summed E-state index contributed by atoms with van der Waals surface area (Å²) >= 11 is 1.49. The van der Waals surface area contributed by atoms with Crippen molar-refractivity contribution >= 4 is 23.2 Å². The van der Waals surface area contributed by atoms with Crippen molar-refractivity contribution in [2.45, 2.75) is 6.92 Å². The van der Waals surface area contributed by atoms with Gasteiger partial charge in [0, 0.05) is 11.6 Å². The molecule has 3 heterocycles. The summed E-state index contributed by atoms with van der Waals surface area (Å²) in [7, 11) is 0. The van der Waals surface area contributed by atoms with Crippen LogP contribution in [0.25, 0.3) is 16.8 Å². The second kappa shape index (κ2) is 5.85. The molecule has 0 aliphatic heterocycles. The van der Waals surface area contributed by atoms with E-state index in [9.17, 15) is 4.79 Å². The fraction of sp³-hybridized carbons (Fsp3) is 0.0625. The van der Waals surface area contributed by atoms with E-state index in [1.807, 2.05) is 23.6 Å². The number of furan rings is 1. The highest BCUT2D eigenvalue weighted by molar-refractivity contribution is 7.13. The van der Waals surface area contributed by atoms with Crippen molar-refractivity contribution in [3.8, 4) is 10.7 Å². The zero-order chi connectivity index (χ0) is 14.7. The van der Waals surface area contributed by atoms with E-state index in [-0.39, 0.29) is 5.78 Å². The molecule has 21 heavy (non-hydrogen) atoms. The number of aromatic nitrogens is 2. The molecule has 0 aliphatic rings. The van der Waals surface area contributed by atoms with E-state index in [2.05, 4.69) is 9.97 Å². The van der Waals surface area contributed by atoms with Gasteiger partial charge in [-0.15, -0.1) is 11.3 Å². The highest BCUT2D eigenvalue weighted by Crippen LogP contribution is 2.22. The first-order valence-corrected chi connectivity index (χ1v) is 7.26. The smallest absolute Gasteiger partial charge is 0.221 e. The van der Waals surface area contributed by atoms with Crippen LogP contribution in [0.2, 0.25) is 0 Å². The number of allylic oxidation sites excluding steroid dienone is 1. The van der Waals surface area contributed by atoms with E-state index < -0.39 is 0 Å². The van der Waals surface area contributed by atoms with Gasteiger partial charge in [-0.05, 0) is 43.3 Å². The fourth-order valence-corrected chi connectivity index (χ4v) is 2.54. The Morgan fingerprint density at radius 1 is 1.29 bits per heavy atom. The molecule has 0 unspecified atom stereocenters. The minimum Gasteiger partial charge on any atom is -0.458 e. The Morgan fingerprint density at radius 2 is 2.19 bits per heavy atom. The van der Waals surface area contributed by atoms with Gasteiger partial charge < -0.3 is 4.42 Å². The van der Waals surface area contributed by atoms with Gasteiger partial charge in [0.25, 0.3) is 0 Å². The number of hydrogen-bond donors (Lipinski definition) is 0. The summed E-state index contributed by atoms with van der Waals surface area (Å²) in [5.41, 5.74) is 1.56. The number of rotatable bonds is 4. The second-order valence-corrected chi connectivity index (χ2v) is 5.26. The SMILES string of the molecule is Cc1ccc(C(=O)/C=C/c2csc(-c3ccccn3)n2)o1. The summed E-state index contributed by atoms with van der Waals surface area (Å²) in [6, 6.07) is 9.12. The molecule has 0 saturated carbocycles. The molecule has 0 bridgehead atoms. The van der Waals surface area contributed by atoms with Crippen LogP contribution in [0.1, 0.15) is 22.0 Å². The van der Waals surface area contributed by atoms with E-state index in [0.29, 0.717) is 5.76 Å². The van der Waals surface area contributed by atoms with Crippen molar-refractivity contribution in [1.82, 2.24) is 9.97 Å². The number of aryl methyl sites for hydroxylation is 1. The molecular weight excluding hydrogens is 284 g/mol. The zero-order valence-electron chi connectivity index (χ0n) is 11.3. The molecule has 0 spiro atoms. The van der Waals surface area contributed by atoms with E-state index in [4.69, 9.17) is 4.42 Å². The van der Waals surface area contributed by atoms with Crippen LogP contribution in [-0.2, 0) is 0 Å². The van der Waals surface area contributed by atoms with Crippen LogP contribution in [0.15, 0.2) is 52.4 Å². The van der Waals surface area contributed by atoms with Gasteiger partial charge in [0.15, 0.2) is 5.76 Å². The molecule has 0 N–H and O–H groups in total. The lowest BCUT2D eigenvalue weighted by molar-refractivity contribution is 0.102. The Bertz CT molecular complexity index is 787. The number of carbonyl (C=O) groups excluding carboxylic acids is 1. The standard InChI is InChI=1S/C16H12N2O2S/c1-11-5-8-15(20-11)14(19)7-6-12-10-21-16(18-12)13-4-2-3-9-17-13/h2-10H,1H3/b7-6+. The number of thiazole rings is 1. The maximum atomic E-state index is 11.9. The fourth-order valence-electron chi connectivity index (χ4n) is 1.78. The first kappa shape index (κ1) is 13.5. The van der Waals surface area contributed by atoms with E-state index in [1.165, 1.54) is 17.4 Å². The minimum absolute atomic E-state index is 0.171. The van der Waals surface area contributed by atoms with Gasteiger partial charge in [0.1, 0.15) is 10.8 Å². The third-order valence-corrected chi connectivity index (χ3v) is 3.68. The Hall–Kier alpha value is -2.53. The lowest BCUT2D eigenvalue weighted by Crippen LogP contribution is -1.90. The van der Waals surface area contributed by atoms with Crippen LogP contribution < -0.4 is 0 Å². The highest BCUT2D eigenvalue weighted by Gasteiger charge is 2.07. The Balaban J connectivity index is 1.75. The normalized spacial score (nSPS) is 11.1. The average Bonchev–Trinajstić information content (AvgIpc) is 3.15. The van der Waals surface area contributed by atoms with Crippen LogP contribution in [0.5, 0.6) is 0 Å². The molecule has 5 heteroatoms. The number of ketones is 1. The number of pyridine rings is 1. The molecule has 3 aromatic heterocycles. The summed E-state index contributed by atoms with van der Waals surface area (Å²) in [6.07, 6.45) is 4.88. The molecule has 0 amide bonds. The summed E-state index contributed by atoms with van der Waals surface area (Å²) in [6.45, 7) is 1.81. The molecule has 0 fully saturated rings. The molecule has 3 aromatic rings. The second-order valence-electron chi connectivity index (χ2n) is 4.40. The summed E-state index contributed by atoms with van der Waals surface area (Å²) in [5, 5.41) is 2.72. The number of hydrogen-bond acceptors (Lipinski definition) is 5. The Labute approximate surface area is 125 Å². The molecule has 0 aliphatic carbocycles. The van der Waals surface area contributed by atoms with Gasteiger partial charge >= 0.3 is 0 Å². The van der Waals surface area contributed by atoms with Crippen LogP contribution in [0.4, 0.5) is 0 Å². The van der Waals surface area contributed by atoms with Crippen LogP contribution in [-0.4, -0.2) is 15.8 Å². The molecule has 104 valence electrons. The largest absolute Gasteiger partial charge is 0.458 e. The van der Waals surface area contributed by atoms with Crippen molar-refractivity contribution in [3.63, 3.8) is 0 Å². The number of nitrogens with zero attached hydrogens (tertiary/aromatic N) is 2. The quantitative estimate of drug-likeness (QED) is 0.539. The van der Waals surface area contributed by atoms with Gasteiger partial charge in [-0.2, -0.15) is 0 Å². The van der Waals surface area contributed by atoms with Gasteiger partial charge in [-0.25, -0.2) is 4.98 Å². The maximum absolute atomic E-state index is 11.9. The highest BCUT2D eigenvalue weighted by atomic mass is 32.1. The van der Waals surface area contributed by atoms with Gasteiger partial charge in [0.2, 0.25) is 5.78 Å². The Morgan fingerprint density at radius 3 is 2.90 bits per heavy atom. The van der Waals surface area contributed by atoms with E-state index in [1.54, 1.807) is 31.3 Å². The Kier molecular flexibility index (Phi) is 3.75. The molecule has 0 saturated heterocycles. The van der Waals surface area contributed by atoms with Crippen molar-refractivity contribution in [2.75, 3.05) is 0 Å². The monoisotopic (exact) mass is 296 g/mol. The summed E-state index contributed by atoms with van der Waals surface area (Å²) < 4.78 is 5.28. The third kappa shape index (κ3) is 3.14. The van der Waals surface area contributed by atoms with E-state index in [0.717, 1.165) is 22.2 Å². The van der Waals surface area contributed by atoms with Crippen LogP contribution in [0.3, 0.4) is 0 Å². The van der Waals surface area contributed by atoms with Crippen molar-refractivity contribution < 1.29 is 9.21 Å². The van der Waals surface area contributed by atoms with Gasteiger partial charge in [0.05, 0.1) is 11.4 Å². The summed E-state index contributed by atoms with van der Waals surface area (Å²) in [5.74, 6) is 0.886. The molecule has 0 radical (unpaired) electrons. The molecule has 0 aromatic carbocycles. The lowest BCUT2D eigenvalue weighted by atomic mass is 10.2. The topological polar surface area (TPSA) is 56.0 Å². The average molecular weight is 296 g/mol. The third-order valence-electron chi connectivity index (χ3n) is 2.79. The summed E-state index contributed by atoms with van der Waals surface area (Å²) in [4.78, 5) is 20.6. The predicted octanol–water partition coefficient (Wildman–Crippen LogP) is 4.00. The van der Waals surface area contributed by atoms with E-state index >= 15 is 0 Å². The van der Waals surface area contributed by atoms with Crippen molar-refractivity contribution in [1.29, 1.82) is 0 Å². The zero-order valence-corrected chi connectivity index (χ0v) is 12.1.